The van der Waals surface area contributed by atoms with Crippen molar-refractivity contribution in [1.29, 1.82) is 0 Å². The molecule has 4 heterocycles. The highest BCUT2D eigenvalue weighted by Gasteiger charge is 2.52. The van der Waals surface area contributed by atoms with Crippen LogP contribution in [0.15, 0.2) is 26.8 Å². The fourth-order valence-corrected chi connectivity index (χ4v) is 7.34. The van der Waals surface area contributed by atoms with Gasteiger partial charge in [-0.3, -0.25) is 33.7 Å². The second-order valence-corrected chi connectivity index (χ2v) is 16.3. The number of urea groups is 1. The summed E-state index contributed by atoms with van der Waals surface area (Å²) in [6.07, 6.45) is -12.3. The molecule has 14 atom stereocenters. The second kappa shape index (κ2) is 23.1. The predicted octanol–water partition coefficient (Wildman–Crippen LogP) is -6.52. The fourth-order valence-electron chi connectivity index (χ4n) is 7.34. The van der Waals surface area contributed by atoms with Gasteiger partial charge in [0, 0.05) is 38.3 Å². The molecule has 4 rings (SSSR count). The van der Waals surface area contributed by atoms with Crippen LogP contribution in [0.1, 0.15) is 53.2 Å². The van der Waals surface area contributed by atoms with Crippen molar-refractivity contribution in [2.45, 2.75) is 132 Å². The average molecular weight is 916 g/mol. The molecule has 1 aromatic heterocycles. The van der Waals surface area contributed by atoms with E-state index in [1.54, 1.807) is 27.7 Å². The molecule has 0 aromatic carbocycles. The van der Waals surface area contributed by atoms with E-state index < -0.39 is 138 Å². The molecule has 1 aromatic rings. The third kappa shape index (κ3) is 13.2. The summed E-state index contributed by atoms with van der Waals surface area (Å²) in [6, 6.07) is -6.99. The Morgan fingerprint density at radius 3 is 2.20 bits per heavy atom. The Labute approximate surface area is 365 Å². The number of aliphatic hydroxyl groups is 4. The molecule has 27 nitrogen and oxygen atoms in total. The minimum Gasteiger partial charge on any atom is -0.480 e. The third-order valence-corrected chi connectivity index (χ3v) is 10.9. The van der Waals surface area contributed by atoms with Crippen LogP contribution in [0.25, 0.3) is 0 Å². The molecular weight excluding hydrogens is 854 g/mol. The van der Waals surface area contributed by atoms with Gasteiger partial charge in [-0.05, 0) is 31.2 Å². The summed E-state index contributed by atoms with van der Waals surface area (Å²) >= 11 is 0. The number of amides is 4. The maximum absolute atomic E-state index is 13.9. The number of ether oxygens (including phenoxy) is 3. The van der Waals surface area contributed by atoms with Crippen LogP contribution in [0.5, 0.6) is 0 Å². The standard InChI is InChI=1S/C37H61N11O16/c1-14(2)21(33(56)57)46-36(60)47-22(16-6-10-42-35(39)43-16)31(55)45-23(25(51)15(3)4)30(54)41-9-5-8-40-24(34(58)59)28(63-20-12-17(49)18(13-38)62-20)29-26(52)27(53)32(64-29)48-11-7-19(50)44-37(48)61/h7,11,14-18,20-29,32,40,49,51-53H,5-6,8-10,12-13,38H2,1-4H3,(H,41,54)(H,45,55)(H,56,57)(H,58,59)(H3,39,42,43)(H,44,50,61)(H2,46,47,60). The van der Waals surface area contributed by atoms with Crippen molar-refractivity contribution in [2.75, 3.05) is 26.2 Å². The number of nitrogens with one attached hydrogen (secondary N) is 7. The first-order chi connectivity index (χ1) is 30.1. The largest absolute Gasteiger partial charge is 0.480 e. The predicted molar refractivity (Wildman–Crippen MR) is 220 cm³/mol. The summed E-state index contributed by atoms with van der Waals surface area (Å²) in [5, 5.41) is 78.9. The number of aromatic amines is 1. The molecule has 0 radical (unpaired) electrons. The van der Waals surface area contributed by atoms with E-state index in [4.69, 9.17) is 25.7 Å². The van der Waals surface area contributed by atoms with Gasteiger partial charge in [0.25, 0.3) is 5.56 Å². The lowest BCUT2D eigenvalue weighted by molar-refractivity contribution is -0.210. The SMILES string of the molecule is CC(C)C(NC(=O)NC(C(=O)NC(C(=O)NCCCNC(C(=O)O)C(OC1CC(O)C(CN)O1)C1OC(n2ccc(=O)[nH]c2=O)C(O)C1O)C(O)C(C)C)C1CCN=C(N)N1)C(=O)O. The van der Waals surface area contributed by atoms with E-state index in [0.717, 1.165) is 16.8 Å². The Balaban J connectivity index is 1.47. The molecule has 2 saturated heterocycles. The second-order valence-electron chi connectivity index (χ2n) is 16.3. The number of carboxylic acids is 2. The summed E-state index contributed by atoms with van der Waals surface area (Å²) in [5.41, 5.74) is 9.76. The Bertz CT molecular complexity index is 1930. The van der Waals surface area contributed by atoms with Gasteiger partial charge in [0.05, 0.1) is 24.4 Å². The minimum absolute atomic E-state index is 0.0101. The number of hydrogen-bond acceptors (Lipinski definition) is 19. The first-order valence-corrected chi connectivity index (χ1v) is 20.8. The van der Waals surface area contributed by atoms with Crippen LogP contribution in [-0.4, -0.2) is 181 Å². The molecule has 27 heteroatoms. The zero-order valence-corrected chi connectivity index (χ0v) is 35.7. The maximum atomic E-state index is 13.9. The molecule has 4 amide bonds. The summed E-state index contributed by atoms with van der Waals surface area (Å²) in [6.45, 7) is 6.05. The molecule has 0 spiro atoms. The van der Waals surface area contributed by atoms with Gasteiger partial charge >= 0.3 is 23.7 Å². The molecule has 64 heavy (non-hydrogen) atoms. The Kier molecular flexibility index (Phi) is 18.5. The van der Waals surface area contributed by atoms with Crippen molar-refractivity contribution in [3.63, 3.8) is 0 Å². The van der Waals surface area contributed by atoms with Gasteiger partial charge in [-0.15, -0.1) is 0 Å². The van der Waals surface area contributed by atoms with Crippen molar-refractivity contribution < 1.29 is 68.8 Å². The van der Waals surface area contributed by atoms with E-state index in [9.17, 15) is 64.2 Å². The number of aliphatic imine (C=N–C) groups is 1. The van der Waals surface area contributed by atoms with Crippen molar-refractivity contribution in [1.82, 2.24) is 41.5 Å². The Hall–Kier alpha value is -5.26. The van der Waals surface area contributed by atoms with Crippen LogP contribution in [-0.2, 0) is 33.4 Å². The number of carbonyl (C=O) groups excluding carboxylic acids is 3. The van der Waals surface area contributed by atoms with E-state index in [1.165, 1.54) is 0 Å². The van der Waals surface area contributed by atoms with Crippen LogP contribution in [0.2, 0.25) is 0 Å². The van der Waals surface area contributed by atoms with Gasteiger partial charge < -0.3 is 88.2 Å². The van der Waals surface area contributed by atoms with E-state index in [2.05, 4.69) is 36.9 Å². The number of nitrogens with zero attached hydrogens (tertiary/aromatic N) is 2. The molecule has 14 unspecified atom stereocenters. The zero-order chi connectivity index (χ0) is 47.6. The van der Waals surface area contributed by atoms with Gasteiger partial charge in [-0.1, -0.05) is 27.7 Å². The van der Waals surface area contributed by atoms with Gasteiger partial charge in [0.1, 0.15) is 48.6 Å². The molecule has 3 aliphatic heterocycles. The normalized spacial score (nSPS) is 27.3. The molecule has 2 fully saturated rings. The molecule has 360 valence electrons. The number of carbonyl (C=O) groups is 5. The minimum atomic E-state index is -1.86. The van der Waals surface area contributed by atoms with Crippen LogP contribution in [0, 0.1) is 11.8 Å². The molecule has 0 saturated carbocycles. The van der Waals surface area contributed by atoms with Crippen molar-refractivity contribution >= 4 is 35.7 Å². The molecular formula is C37H61N11O16. The molecule has 0 aliphatic carbocycles. The van der Waals surface area contributed by atoms with Gasteiger partial charge in [-0.2, -0.15) is 0 Å². The number of rotatable bonds is 22. The van der Waals surface area contributed by atoms with Crippen molar-refractivity contribution in [3.05, 3.63) is 33.1 Å². The third-order valence-electron chi connectivity index (χ3n) is 10.9. The highest BCUT2D eigenvalue weighted by molar-refractivity contribution is 5.94. The van der Waals surface area contributed by atoms with E-state index in [0.29, 0.717) is 0 Å². The highest BCUT2D eigenvalue weighted by atomic mass is 16.7. The van der Waals surface area contributed by atoms with E-state index in [1.807, 2.05) is 4.98 Å². The van der Waals surface area contributed by atoms with Crippen molar-refractivity contribution in [2.24, 2.45) is 28.3 Å². The smallest absolute Gasteiger partial charge is 0.330 e. The lowest BCUT2D eigenvalue weighted by atomic mass is 9.97. The first kappa shape index (κ1) is 51.4. The Morgan fingerprint density at radius 2 is 1.62 bits per heavy atom. The quantitative estimate of drug-likeness (QED) is 0.0481. The summed E-state index contributed by atoms with van der Waals surface area (Å²) in [5.74, 6) is -5.76. The molecule has 17 N–H and O–H groups in total. The van der Waals surface area contributed by atoms with Gasteiger partial charge in [0.2, 0.25) is 11.8 Å². The maximum Gasteiger partial charge on any atom is 0.330 e. The number of hydrogen-bond donors (Lipinski definition) is 15. The van der Waals surface area contributed by atoms with Gasteiger partial charge in [0.15, 0.2) is 18.5 Å². The van der Waals surface area contributed by atoms with Crippen LogP contribution in [0.3, 0.4) is 0 Å². The molecule has 3 aliphatic rings. The number of H-pyrrole nitrogens is 1. The summed E-state index contributed by atoms with van der Waals surface area (Å²) in [4.78, 5) is 95.2. The highest BCUT2D eigenvalue weighted by Crippen LogP contribution is 2.34. The van der Waals surface area contributed by atoms with Crippen LogP contribution >= 0.6 is 0 Å². The van der Waals surface area contributed by atoms with E-state index >= 15 is 0 Å². The number of nitrogens with two attached hydrogens (primary N) is 2. The zero-order valence-electron chi connectivity index (χ0n) is 35.7. The molecule has 0 bridgehead atoms. The lowest BCUT2D eigenvalue weighted by Gasteiger charge is -2.33. The van der Waals surface area contributed by atoms with Gasteiger partial charge in [-0.25, -0.2) is 14.4 Å². The van der Waals surface area contributed by atoms with Crippen molar-refractivity contribution in [3.8, 4) is 0 Å². The first-order valence-electron chi connectivity index (χ1n) is 20.8. The number of carboxylic acid groups (broad SMARTS) is 2. The summed E-state index contributed by atoms with van der Waals surface area (Å²) in [7, 11) is 0. The lowest BCUT2D eigenvalue weighted by Crippen LogP contribution is -2.66. The number of aliphatic carboxylic acids is 2. The monoisotopic (exact) mass is 915 g/mol. The fraction of sp³-hybridized carbons (Fsp3) is 0.730. The Morgan fingerprint density at radius 1 is 0.938 bits per heavy atom. The van der Waals surface area contributed by atoms with Crippen LogP contribution in [0.4, 0.5) is 4.79 Å². The summed E-state index contributed by atoms with van der Waals surface area (Å²) < 4.78 is 18.3. The van der Waals surface area contributed by atoms with E-state index in [-0.39, 0.29) is 51.4 Å². The average Bonchev–Trinajstić information content (AvgIpc) is 3.73. The number of guanidine groups is 1. The topological polar surface area (TPSA) is 426 Å². The number of aliphatic hydroxyl groups excluding tert-OH is 4. The van der Waals surface area contributed by atoms with Crippen LogP contribution < -0.4 is 54.6 Å². The number of aromatic nitrogens is 2.